The first kappa shape index (κ1) is 16.7. The lowest BCUT2D eigenvalue weighted by atomic mass is 10.1. The van der Waals surface area contributed by atoms with Gasteiger partial charge in [-0.2, -0.15) is 0 Å². The second kappa shape index (κ2) is 7.64. The molecule has 3 aromatic rings. The van der Waals surface area contributed by atoms with Crippen molar-refractivity contribution in [3.8, 4) is 11.4 Å². The van der Waals surface area contributed by atoms with Gasteiger partial charge < -0.3 is 9.67 Å². The largest absolute Gasteiger partial charge is 0.392 e. The van der Waals surface area contributed by atoms with E-state index in [4.69, 9.17) is 5.11 Å². The Balaban J connectivity index is 1.79. The van der Waals surface area contributed by atoms with Crippen molar-refractivity contribution < 1.29 is 5.11 Å². The molecule has 124 valence electrons. The summed E-state index contributed by atoms with van der Waals surface area (Å²) in [4.78, 5) is 0. The van der Waals surface area contributed by atoms with Gasteiger partial charge in [0.2, 0.25) is 0 Å². The van der Waals surface area contributed by atoms with E-state index in [1.165, 1.54) is 11.1 Å². The summed E-state index contributed by atoms with van der Waals surface area (Å²) >= 11 is 1.68. The third-order valence-electron chi connectivity index (χ3n) is 3.88. The van der Waals surface area contributed by atoms with Crippen LogP contribution in [0.25, 0.3) is 11.4 Å². The predicted molar refractivity (Wildman–Crippen MR) is 97.8 cm³/mol. The predicted octanol–water partition coefficient (Wildman–Crippen LogP) is 4.06. The Morgan fingerprint density at radius 3 is 2.46 bits per heavy atom. The van der Waals surface area contributed by atoms with E-state index in [1.807, 2.05) is 24.3 Å². The molecule has 2 aromatic carbocycles. The number of nitrogens with zero attached hydrogens (tertiary/aromatic N) is 3. The molecule has 0 fully saturated rings. The first-order valence-corrected chi connectivity index (χ1v) is 9.01. The number of hydrogen-bond donors (Lipinski definition) is 1. The van der Waals surface area contributed by atoms with Crippen molar-refractivity contribution in [3.05, 3.63) is 65.2 Å². The highest BCUT2D eigenvalue weighted by molar-refractivity contribution is 7.98. The van der Waals surface area contributed by atoms with Crippen LogP contribution in [-0.2, 0) is 18.9 Å². The van der Waals surface area contributed by atoms with Gasteiger partial charge in [-0.25, -0.2) is 0 Å². The fraction of sp³-hybridized carbons (Fsp3) is 0.263. The van der Waals surface area contributed by atoms with Crippen LogP contribution in [0.2, 0.25) is 0 Å². The minimum Gasteiger partial charge on any atom is -0.392 e. The van der Waals surface area contributed by atoms with Crippen LogP contribution in [0.1, 0.15) is 23.6 Å². The monoisotopic (exact) mass is 339 g/mol. The normalized spacial score (nSPS) is 11.0. The van der Waals surface area contributed by atoms with Crippen LogP contribution >= 0.6 is 11.8 Å². The van der Waals surface area contributed by atoms with Crippen LogP contribution in [-0.4, -0.2) is 19.9 Å². The molecule has 3 rings (SSSR count). The number of aromatic nitrogens is 3. The number of thioether (sulfide) groups is 1. The average Bonchev–Trinajstić information content (AvgIpc) is 3.03. The van der Waals surface area contributed by atoms with E-state index in [-0.39, 0.29) is 6.61 Å². The molecule has 0 saturated carbocycles. The maximum Gasteiger partial charge on any atom is 0.191 e. The van der Waals surface area contributed by atoms with Crippen molar-refractivity contribution in [1.82, 2.24) is 14.8 Å². The van der Waals surface area contributed by atoms with Gasteiger partial charge in [0.15, 0.2) is 11.0 Å². The fourth-order valence-electron chi connectivity index (χ4n) is 2.57. The summed E-state index contributed by atoms with van der Waals surface area (Å²) in [7, 11) is 0. The molecule has 0 radical (unpaired) electrons. The maximum atomic E-state index is 9.11. The van der Waals surface area contributed by atoms with Crippen LogP contribution in [0, 0.1) is 6.92 Å². The lowest BCUT2D eigenvalue weighted by Crippen LogP contribution is -2.00. The Labute approximate surface area is 146 Å². The molecular formula is C19H21N3OS. The Morgan fingerprint density at radius 1 is 1.04 bits per heavy atom. The van der Waals surface area contributed by atoms with E-state index in [9.17, 15) is 0 Å². The maximum absolute atomic E-state index is 9.11. The van der Waals surface area contributed by atoms with Crippen LogP contribution < -0.4 is 0 Å². The lowest BCUT2D eigenvalue weighted by Gasteiger charge is -2.08. The minimum absolute atomic E-state index is 0.0808. The summed E-state index contributed by atoms with van der Waals surface area (Å²) in [5.41, 5.74) is 4.46. The average molecular weight is 339 g/mol. The highest BCUT2D eigenvalue weighted by atomic mass is 32.2. The summed E-state index contributed by atoms with van der Waals surface area (Å²) in [6.07, 6.45) is 0. The Bertz CT molecular complexity index is 812. The molecular weight excluding hydrogens is 318 g/mol. The van der Waals surface area contributed by atoms with E-state index in [1.54, 1.807) is 11.8 Å². The van der Waals surface area contributed by atoms with E-state index in [0.29, 0.717) is 0 Å². The summed E-state index contributed by atoms with van der Waals surface area (Å²) in [6.45, 7) is 5.12. The van der Waals surface area contributed by atoms with Crippen molar-refractivity contribution >= 4 is 11.8 Å². The van der Waals surface area contributed by atoms with Gasteiger partial charge in [-0.15, -0.1) is 10.2 Å². The van der Waals surface area contributed by atoms with Crippen molar-refractivity contribution in [1.29, 1.82) is 0 Å². The van der Waals surface area contributed by atoms with Crippen molar-refractivity contribution in [2.24, 2.45) is 0 Å². The summed E-state index contributed by atoms with van der Waals surface area (Å²) in [6, 6.07) is 16.4. The van der Waals surface area contributed by atoms with Crippen molar-refractivity contribution in [2.45, 2.75) is 37.9 Å². The second-order valence-corrected chi connectivity index (χ2v) is 6.63. The first-order chi connectivity index (χ1) is 11.7. The molecule has 1 heterocycles. The number of aliphatic hydroxyl groups excluding tert-OH is 1. The first-order valence-electron chi connectivity index (χ1n) is 8.03. The SMILES string of the molecule is CCn1c(SCc2ccc(CO)cc2)nnc1-c1cccc(C)c1. The van der Waals surface area contributed by atoms with Crippen molar-refractivity contribution in [3.63, 3.8) is 0 Å². The highest BCUT2D eigenvalue weighted by Crippen LogP contribution is 2.26. The Hall–Kier alpha value is -2.11. The molecule has 0 aliphatic rings. The number of aliphatic hydroxyl groups is 1. The summed E-state index contributed by atoms with van der Waals surface area (Å²) < 4.78 is 2.15. The van der Waals surface area contributed by atoms with Crippen LogP contribution in [0.5, 0.6) is 0 Å². The van der Waals surface area contributed by atoms with E-state index < -0.39 is 0 Å². The molecule has 0 saturated heterocycles. The van der Waals surface area contributed by atoms with Gasteiger partial charge in [0.05, 0.1) is 6.61 Å². The Kier molecular flexibility index (Phi) is 5.33. The summed E-state index contributed by atoms with van der Waals surface area (Å²) in [5, 5.41) is 18.8. The summed E-state index contributed by atoms with van der Waals surface area (Å²) in [5.74, 6) is 1.75. The fourth-order valence-corrected chi connectivity index (χ4v) is 3.53. The quantitative estimate of drug-likeness (QED) is 0.688. The molecule has 0 unspecified atom stereocenters. The van der Waals surface area contributed by atoms with Crippen molar-refractivity contribution in [2.75, 3.05) is 0 Å². The van der Waals surface area contributed by atoms with Gasteiger partial charge >= 0.3 is 0 Å². The number of benzene rings is 2. The molecule has 0 atom stereocenters. The molecule has 1 aromatic heterocycles. The minimum atomic E-state index is 0.0808. The second-order valence-electron chi connectivity index (χ2n) is 5.68. The third kappa shape index (κ3) is 3.68. The van der Waals surface area contributed by atoms with E-state index >= 15 is 0 Å². The van der Waals surface area contributed by atoms with Gasteiger partial charge in [-0.1, -0.05) is 59.8 Å². The smallest absolute Gasteiger partial charge is 0.191 e. The molecule has 24 heavy (non-hydrogen) atoms. The van der Waals surface area contributed by atoms with Gasteiger partial charge in [-0.05, 0) is 31.0 Å². The van der Waals surface area contributed by atoms with E-state index in [0.717, 1.165) is 34.4 Å². The zero-order valence-electron chi connectivity index (χ0n) is 13.9. The molecule has 0 amide bonds. The topological polar surface area (TPSA) is 50.9 Å². The highest BCUT2D eigenvalue weighted by Gasteiger charge is 2.13. The zero-order chi connectivity index (χ0) is 16.9. The number of rotatable bonds is 6. The molecule has 5 heteroatoms. The molecule has 0 aliphatic carbocycles. The van der Waals surface area contributed by atoms with Gasteiger partial charge in [0.25, 0.3) is 0 Å². The molecule has 4 nitrogen and oxygen atoms in total. The lowest BCUT2D eigenvalue weighted by molar-refractivity contribution is 0.282. The Morgan fingerprint density at radius 2 is 1.79 bits per heavy atom. The number of hydrogen-bond acceptors (Lipinski definition) is 4. The third-order valence-corrected chi connectivity index (χ3v) is 4.92. The van der Waals surface area contributed by atoms with Gasteiger partial charge in [-0.3, -0.25) is 0 Å². The van der Waals surface area contributed by atoms with Crippen LogP contribution in [0.4, 0.5) is 0 Å². The molecule has 0 aliphatic heterocycles. The van der Waals surface area contributed by atoms with Gasteiger partial charge in [0.1, 0.15) is 0 Å². The standard InChI is InChI=1S/C19H21N3OS/c1-3-22-18(17-6-4-5-14(2)11-17)20-21-19(22)24-13-16-9-7-15(12-23)8-10-16/h4-11,23H,3,12-13H2,1-2H3. The molecule has 0 bridgehead atoms. The van der Waals surface area contributed by atoms with Gasteiger partial charge in [0, 0.05) is 17.9 Å². The van der Waals surface area contributed by atoms with Crippen LogP contribution in [0.15, 0.2) is 53.7 Å². The zero-order valence-corrected chi connectivity index (χ0v) is 14.8. The van der Waals surface area contributed by atoms with Crippen LogP contribution in [0.3, 0.4) is 0 Å². The molecule has 1 N–H and O–H groups in total. The van der Waals surface area contributed by atoms with E-state index in [2.05, 4.69) is 52.9 Å². The molecule has 0 spiro atoms. The number of aryl methyl sites for hydroxylation is 1.